The molecule has 0 atom stereocenters. The van der Waals surface area contributed by atoms with Crippen molar-refractivity contribution >= 4 is 8.32 Å². The number of hydrogen-bond acceptors (Lipinski definition) is 1. The van der Waals surface area contributed by atoms with Gasteiger partial charge in [-0.15, -0.1) is 0 Å². The Bertz CT molecular complexity index is 191. The van der Waals surface area contributed by atoms with E-state index >= 15 is 0 Å². The fourth-order valence-electron chi connectivity index (χ4n) is 1.34. The van der Waals surface area contributed by atoms with E-state index in [0.29, 0.717) is 0 Å². The predicted molar refractivity (Wildman–Crippen MR) is 46.3 cm³/mol. The van der Waals surface area contributed by atoms with E-state index in [-0.39, 0.29) is 0 Å². The first-order chi connectivity index (χ1) is 4.54. The number of rotatable bonds is 1. The Morgan fingerprint density at radius 2 is 2.30 bits per heavy atom. The van der Waals surface area contributed by atoms with E-state index in [1.165, 1.54) is 10.8 Å². The van der Waals surface area contributed by atoms with E-state index in [4.69, 9.17) is 4.43 Å². The minimum absolute atomic E-state index is 0.793. The second-order valence-corrected chi connectivity index (χ2v) is 7.07. The zero-order valence-corrected chi connectivity index (χ0v) is 7.90. The molecule has 1 nitrogen and oxygen atoms in total. The molecule has 10 heavy (non-hydrogen) atoms. The Morgan fingerprint density at radius 1 is 1.70 bits per heavy atom. The lowest BCUT2D eigenvalue weighted by Gasteiger charge is -2.18. The van der Waals surface area contributed by atoms with Crippen LogP contribution in [0.2, 0.25) is 13.1 Å². The Hall–Kier alpha value is -0.343. The van der Waals surface area contributed by atoms with Crippen molar-refractivity contribution in [3.05, 3.63) is 23.4 Å². The molecule has 0 saturated carbocycles. The van der Waals surface area contributed by atoms with Gasteiger partial charge in [0, 0.05) is 0 Å². The maximum absolute atomic E-state index is 5.60. The summed E-state index contributed by atoms with van der Waals surface area (Å²) in [4.78, 5) is 0. The molecule has 0 radical (unpaired) electrons. The zero-order chi connectivity index (χ0) is 7.78. The number of allylic oxidation sites excluding steroid dienone is 2. The molecular formula is C8H14OSi. The molecule has 0 aliphatic carbocycles. The van der Waals surface area contributed by atoms with Crippen LogP contribution in [0.5, 0.6) is 0 Å². The summed E-state index contributed by atoms with van der Waals surface area (Å²) in [6.07, 6.45) is 2.16. The monoisotopic (exact) mass is 154 g/mol. The van der Waals surface area contributed by atoms with Gasteiger partial charge in [0.2, 0.25) is 8.32 Å². The van der Waals surface area contributed by atoms with Gasteiger partial charge in [-0.05, 0) is 25.2 Å². The molecule has 1 aliphatic heterocycles. The van der Waals surface area contributed by atoms with Gasteiger partial charge in [0.15, 0.2) is 0 Å². The molecule has 56 valence electrons. The van der Waals surface area contributed by atoms with Crippen LogP contribution in [-0.2, 0) is 4.43 Å². The fraction of sp³-hybridized carbons (Fsp3) is 0.500. The van der Waals surface area contributed by atoms with Crippen molar-refractivity contribution in [2.24, 2.45) is 0 Å². The fourth-order valence-corrected chi connectivity index (χ4v) is 3.60. The third-order valence-electron chi connectivity index (χ3n) is 1.84. The van der Waals surface area contributed by atoms with E-state index in [1.807, 2.05) is 0 Å². The molecule has 0 bridgehead atoms. The summed E-state index contributed by atoms with van der Waals surface area (Å²) in [7, 11) is -1.47. The van der Waals surface area contributed by atoms with Crippen molar-refractivity contribution < 1.29 is 4.43 Å². The van der Waals surface area contributed by atoms with Crippen molar-refractivity contribution in [2.45, 2.75) is 20.0 Å². The highest BCUT2D eigenvalue weighted by Crippen LogP contribution is 2.26. The molecule has 0 amide bonds. The van der Waals surface area contributed by atoms with Crippen LogP contribution in [0.1, 0.15) is 6.92 Å². The van der Waals surface area contributed by atoms with Gasteiger partial charge >= 0.3 is 0 Å². The first-order valence-corrected chi connectivity index (χ1v) is 6.45. The molecule has 0 aromatic carbocycles. The lowest BCUT2D eigenvalue weighted by Crippen LogP contribution is -2.29. The molecule has 0 fully saturated rings. The average molecular weight is 154 g/mol. The van der Waals surface area contributed by atoms with Crippen LogP contribution >= 0.6 is 0 Å². The summed E-state index contributed by atoms with van der Waals surface area (Å²) in [5.74, 6) is 0. The normalized spacial score (nSPS) is 22.5. The van der Waals surface area contributed by atoms with Gasteiger partial charge < -0.3 is 4.43 Å². The Morgan fingerprint density at radius 3 is 2.50 bits per heavy atom. The van der Waals surface area contributed by atoms with Crippen LogP contribution in [0.15, 0.2) is 23.4 Å². The summed E-state index contributed by atoms with van der Waals surface area (Å²) in [5.41, 5.74) is 1.18. The third-order valence-corrected chi connectivity index (χ3v) is 4.66. The highest BCUT2D eigenvalue weighted by Gasteiger charge is 2.31. The molecule has 0 aromatic rings. The second kappa shape index (κ2) is 2.36. The first kappa shape index (κ1) is 7.76. The van der Waals surface area contributed by atoms with Gasteiger partial charge in [-0.2, -0.15) is 0 Å². The zero-order valence-electron chi connectivity index (χ0n) is 6.90. The minimum Gasteiger partial charge on any atom is -0.409 e. The lowest BCUT2D eigenvalue weighted by atomic mass is 10.3. The Balaban J connectivity index is 2.85. The van der Waals surface area contributed by atoms with E-state index < -0.39 is 8.32 Å². The van der Waals surface area contributed by atoms with Crippen LogP contribution < -0.4 is 0 Å². The summed E-state index contributed by atoms with van der Waals surface area (Å²) < 4.78 is 5.60. The molecule has 1 heterocycles. The Kier molecular flexibility index (Phi) is 1.83. The number of hydrogen-bond donors (Lipinski definition) is 0. The molecule has 0 N–H and O–H groups in total. The summed E-state index contributed by atoms with van der Waals surface area (Å²) in [6.45, 7) is 11.2. The smallest absolute Gasteiger partial charge is 0.218 e. The average Bonchev–Trinajstić information content (AvgIpc) is 2.08. The molecule has 0 aromatic heterocycles. The molecule has 0 saturated heterocycles. The van der Waals surface area contributed by atoms with Gasteiger partial charge in [-0.3, -0.25) is 0 Å². The van der Waals surface area contributed by atoms with Crippen LogP contribution in [0, 0.1) is 0 Å². The highest BCUT2D eigenvalue weighted by molar-refractivity contribution is 6.80. The predicted octanol–water partition coefficient (Wildman–Crippen LogP) is 2.26. The van der Waals surface area contributed by atoms with Crippen molar-refractivity contribution in [1.82, 2.24) is 0 Å². The van der Waals surface area contributed by atoms with E-state index in [0.717, 1.165) is 6.61 Å². The maximum Gasteiger partial charge on any atom is 0.218 e. The highest BCUT2D eigenvalue weighted by atomic mass is 28.4. The lowest BCUT2D eigenvalue weighted by molar-refractivity contribution is 0.374. The molecule has 2 heteroatoms. The van der Waals surface area contributed by atoms with Crippen LogP contribution in [-0.4, -0.2) is 14.9 Å². The summed E-state index contributed by atoms with van der Waals surface area (Å²) >= 11 is 0. The SMILES string of the molecule is C=C(C)C1=CCO[Si]1(C)C. The summed E-state index contributed by atoms with van der Waals surface area (Å²) in [6, 6.07) is 0. The molecule has 0 unspecified atom stereocenters. The van der Waals surface area contributed by atoms with Crippen LogP contribution in [0.3, 0.4) is 0 Å². The third kappa shape index (κ3) is 1.22. The molecule has 1 rings (SSSR count). The largest absolute Gasteiger partial charge is 0.409 e. The standard InChI is InChI=1S/C8H14OSi/c1-7(2)8-5-6-9-10(8,3)4/h5H,1,6H2,2-4H3. The molecular weight excluding hydrogens is 140 g/mol. The second-order valence-electron chi connectivity index (χ2n) is 3.22. The quantitative estimate of drug-likeness (QED) is 0.526. The van der Waals surface area contributed by atoms with Gasteiger partial charge in [-0.1, -0.05) is 18.2 Å². The van der Waals surface area contributed by atoms with Crippen molar-refractivity contribution in [2.75, 3.05) is 6.61 Å². The Labute approximate surface area is 63.5 Å². The van der Waals surface area contributed by atoms with Crippen molar-refractivity contribution in [3.8, 4) is 0 Å². The van der Waals surface area contributed by atoms with Gasteiger partial charge in [0.1, 0.15) is 0 Å². The van der Waals surface area contributed by atoms with E-state index in [2.05, 4.69) is 32.7 Å². The van der Waals surface area contributed by atoms with E-state index in [1.54, 1.807) is 0 Å². The van der Waals surface area contributed by atoms with Gasteiger partial charge in [0.25, 0.3) is 0 Å². The summed E-state index contributed by atoms with van der Waals surface area (Å²) in [5, 5.41) is 1.38. The van der Waals surface area contributed by atoms with Gasteiger partial charge in [0.05, 0.1) is 6.61 Å². The van der Waals surface area contributed by atoms with E-state index in [9.17, 15) is 0 Å². The van der Waals surface area contributed by atoms with Gasteiger partial charge in [-0.25, -0.2) is 0 Å². The van der Waals surface area contributed by atoms with Crippen LogP contribution in [0.4, 0.5) is 0 Å². The van der Waals surface area contributed by atoms with Crippen molar-refractivity contribution in [3.63, 3.8) is 0 Å². The first-order valence-electron chi connectivity index (χ1n) is 3.54. The maximum atomic E-state index is 5.60. The van der Waals surface area contributed by atoms with Crippen LogP contribution in [0.25, 0.3) is 0 Å². The molecule has 0 spiro atoms. The molecule has 1 aliphatic rings. The van der Waals surface area contributed by atoms with Crippen molar-refractivity contribution in [1.29, 1.82) is 0 Å². The topological polar surface area (TPSA) is 9.23 Å². The minimum atomic E-state index is -1.47.